The first-order valence-corrected chi connectivity index (χ1v) is 5.42. The number of hydrogen-bond acceptors (Lipinski definition) is 0. The lowest BCUT2D eigenvalue weighted by Crippen LogP contribution is -1.82. The zero-order valence-corrected chi connectivity index (χ0v) is 9.88. The predicted octanol–water partition coefficient (Wildman–Crippen LogP) is 4.81. The zero-order chi connectivity index (χ0) is 10.8. The molecule has 0 N–H and O–H groups in total. The molecule has 0 saturated carbocycles. The Kier molecular flexibility index (Phi) is 7.92. The largest absolute Gasteiger partial charge is 0.0871 e. The van der Waals surface area contributed by atoms with Crippen LogP contribution in [0.15, 0.2) is 47.6 Å². The third-order valence-corrected chi connectivity index (χ3v) is 2.05. The van der Waals surface area contributed by atoms with Crippen molar-refractivity contribution in [3.63, 3.8) is 0 Å². The predicted molar refractivity (Wildman–Crippen MR) is 66.4 cm³/mol. The summed E-state index contributed by atoms with van der Waals surface area (Å²) in [6.07, 6.45) is 15.3. The maximum Gasteiger partial charge on any atom is -0.0233 e. The van der Waals surface area contributed by atoms with Crippen molar-refractivity contribution in [3.05, 3.63) is 47.6 Å². The van der Waals surface area contributed by atoms with Gasteiger partial charge in [-0.15, -0.1) is 0 Å². The fraction of sp³-hybridized carbons (Fsp3) is 0.429. The van der Waals surface area contributed by atoms with E-state index in [1.54, 1.807) is 0 Å². The third-order valence-electron chi connectivity index (χ3n) is 2.05. The number of hydrogen-bond donors (Lipinski definition) is 0. The van der Waals surface area contributed by atoms with Crippen LogP contribution in [0.25, 0.3) is 0 Å². The molecular formula is C14H22. The summed E-state index contributed by atoms with van der Waals surface area (Å²) in [7, 11) is 0. The number of rotatable bonds is 5. The van der Waals surface area contributed by atoms with Crippen LogP contribution in [0.5, 0.6) is 0 Å². The summed E-state index contributed by atoms with van der Waals surface area (Å²) >= 11 is 0. The Labute approximate surface area is 88.7 Å². The van der Waals surface area contributed by atoms with Crippen LogP contribution in [0.2, 0.25) is 0 Å². The highest BCUT2D eigenvalue weighted by Crippen LogP contribution is 2.13. The van der Waals surface area contributed by atoms with Gasteiger partial charge in [0.1, 0.15) is 0 Å². The van der Waals surface area contributed by atoms with E-state index in [-0.39, 0.29) is 0 Å². The minimum atomic E-state index is 1.16. The molecule has 0 amide bonds. The van der Waals surface area contributed by atoms with Crippen molar-refractivity contribution < 1.29 is 0 Å². The van der Waals surface area contributed by atoms with E-state index in [4.69, 9.17) is 0 Å². The Morgan fingerprint density at radius 2 is 1.50 bits per heavy atom. The summed E-state index contributed by atoms with van der Waals surface area (Å²) in [5, 5.41) is 0. The first-order chi connectivity index (χ1) is 6.79. The average Bonchev–Trinajstić information content (AvgIpc) is 2.22. The fourth-order valence-electron chi connectivity index (χ4n) is 1.27. The lowest BCUT2D eigenvalue weighted by atomic mass is 10.0. The monoisotopic (exact) mass is 190 g/mol. The first kappa shape index (κ1) is 13.0. The lowest BCUT2D eigenvalue weighted by Gasteiger charge is -2.01. The van der Waals surface area contributed by atoms with Crippen molar-refractivity contribution >= 4 is 0 Å². The van der Waals surface area contributed by atoms with Crippen LogP contribution in [-0.2, 0) is 0 Å². The molecule has 0 spiro atoms. The Morgan fingerprint density at radius 1 is 0.929 bits per heavy atom. The van der Waals surface area contributed by atoms with Crippen LogP contribution >= 0.6 is 0 Å². The van der Waals surface area contributed by atoms with Crippen molar-refractivity contribution in [2.75, 3.05) is 0 Å². The molecule has 0 bridgehead atoms. The Balaban J connectivity index is 4.56. The van der Waals surface area contributed by atoms with E-state index in [1.807, 2.05) is 6.92 Å². The third kappa shape index (κ3) is 4.86. The molecule has 0 radical (unpaired) electrons. The van der Waals surface area contributed by atoms with Crippen LogP contribution < -0.4 is 0 Å². The second kappa shape index (κ2) is 8.55. The quantitative estimate of drug-likeness (QED) is 0.546. The van der Waals surface area contributed by atoms with Crippen molar-refractivity contribution in [3.8, 4) is 0 Å². The van der Waals surface area contributed by atoms with Crippen LogP contribution in [0.3, 0.4) is 0 Å². The smallest absolute Gasteiger partial charge is 0.0233 e. The van der Waals surface area contributed by atoms with E-state index in [2.05, 4.69) is 57.2 Å². The van der Waals surface area contributed by atoms with Gasteiger partial charge in [-0.1, -0.05) is 49.8 Å². The summed E-state index contributed by atoms with van der Waals surface area (Å²) in [6, 6.07) is 0. The van der Waals surface area contributed by atoms with Crippen LogP contribution in [-0.4, -0.2) is 0 Å². The van der Waals surface area contributed by atoms with Gasteiger partial charge in [0.05, 0.1) is 0 Å². The minimum absolute atomic E-state index is 1.16. The van der Waals surface area contributed by atoms with Gasteiger partial charge in [-0.2, -0.15) is 0 Å². The molecule has 0 aliphatic carbocycles. The van der Waals surface area contributed by atoms with E-state index in [0.29, 0.717) is 0 Å². The molecule has 0 saturated heterocycles. The van der Waals surface area contributed by atoms with Crippen LogP contribution in [0.4, 0.5) is 0 Å². The molecule has 0 nitrogen and oxygen atoms in total. The van der Waals surface area contributed by atoms with Gasteiger partial charge in [-0.3, -0.25) is 0 Å². The molecule has 0 heteroatoms. The van der Waals surface area contributed by atoms with E-state index >= 15 is 0 Å². The van der Waals surface area contributed by atoms with E-state index in [1.165, 1.54) is 17.6 Å². The molecule has 78 valence electrons. The van der Waals surface area contributed by atoms with Gasteiger partial charge in [0.15, 0.2) is 0 Å². The second-order valence-electron chi connectivity index (χ2n) is 3.18. The highest BCUT2D eigenvalue weighted by atomic mass is 14.0. The summed E-state index contributed by atoms with van der Waals surface area (Å²) < 4.78 is 0. The maximum absolute atomic E-state index is 2.24. The molecule has 14 heavy (non-hydrogen) atoms. The zero-order valence-electron chi connectivity index (χ0n) is 9.88. The number of unbranched alkanes of at least 4 members (excludes halogenated alkanes) is 1. The van der Waals surface area contributed by atoms with Crippen molar-refractivity contribution in [2.45, 2.75) is 40.5 Å². The first-order valence-electron chi connectivity index (χ1n) is 5.42. The number of allylic oxidation sites excluding steroid dienone is 8. The van der Waals surface area contributed by atoms with E-state index < -0.39 is 0 Å². The summed E-state index contributed by atoms with van der Waals surface area (Å²) in [5.74, 6) is 0. The molecule has 0 aromatic carbocycles. The van der Waals surface area contributed by atoms with Crippen LogP contribution in [0, 0.1) is 0 Å². The van der Waals surface area contributed by atoms with Crippen molar-refractivity contribution in [1.82, 2.24) is 0 Å². The normalized spacial score (nSPS) is 14.6. The van der Waals surface area contributed by atoms with Gasteiger partial charge in [0.25, 0.3) is 0 Å². The molecule has 0 atom stereocenters. The van der Waals surface area contributed by atoms with E-state index in [9.17, 15) is 0 Å². The van der Waals surface area contributed by atoms with Gasteiger partial charge < -0.3 is 0 Å². The maximum atomic E-state index is 2.24. The molecule has 0 rings (SSSR count). The van der Waals surface area contributed by atoms with Gasteiger partial charge in [-0.25, -0.2) is 0 Å². The van der Waals surface area contributed by atoms with Gasteiger partial charge >= 0.3 is 0 Å². The van der Waals surface area contributed by atoms with Crippen molar-refractivity contribution in [1.29, 1.82) is 0 Å². The Bertz CT molecular complexity index is 249. The fourth-order valence-corrected chi connectivity index (χ4v) is 1.27. The Morgan fingerprint density at radius 3 is 1.93 bits per heavy atom. The summed E-state index contributed by atoms with van der Waals surface area (Å²) in [4.78, 5) is 0. The molecule has 0 heterocycles. The summed E-state index contributed by atoms with van der Waals surface area (Å²) in [5.41, 5.74) is 2.60. The molecule has 0 unspecified atom stereocenters. The van der Waals surface area contributed by atoms with Crippen molar-refractivity contribution in [2.24, 2.45) is 0 Å². The van der Waals surface area contributed by atoms with E-state index in [0.717, 1.165) is 6.42 Å². The van der Waals surface area contributed by atoms with Gasteiger partial charge in [0.2, 0.25) is 0 Å². The topological polar surface area (TPSA) is 0 Å². The molecule has 0 aromatic rings. The van der Waals surface area contributed by atoms with Crippen LogP contribution in [0.1, 0.15) is 40.5 Å². The molecule has 0 aliphatic heterocycles. The molecular weight excluding hydrogens is 168 g/mol. The highest BCUT2D eigenvalue weighted by molar-refractivity contribution is 5.45. The molecule has 0 fully saturated rings. The SMILES string of the molecule is CC=CC(=CC)C(C=CCCC)=CC. The van der Waals surface area contributed by atoms with Gasteiger partial charge in [0, 0.05) is 0 Å². The standard InChI is InChI=1S/C14H22/c1-5-9-10-12-14(8-4)13(7-3)11-6-2/h6-8,10-12H,5,9H2,1-4H3. The minimum Gasteiger partial charge on any atom is -0.0871 e. The van der Waals surface area contributed by atoms with Gasteiger partial charge in [-0.05, 0) is 38.3 Å². The Hall–Kier alpha value is -1.04. The highest BCUT2D eigenvalue weighted by Gasteiger charge is 1.93. The second-order valence-corrected chi connectivity index (χ2v) is 3.18. The summed E-state index contributed by atoms with van der Waals surface area (Å²) in [6.45, 7) is 8.40. The average molecular weight is 190 g/mol. The molecule has 0 aliphatic rings. The lowest BCUT2D eigenvalue weighted by molar-refractivity contribution is 0.958. The molecule has 0 aromatic heterocycles.